The molecule has 4 heteroatoms. The maximum absolute atomic E-state index is 5.92. The van der Waals surface area contributed by atoms with Gasteiger partial charge in [0.15, 0.2) is 0 Å². The first-order valence-electron chi connectivity index (χ1n) is 5.15. The van der Waals surface area contributed by atoms with Crippen molar-refractivity contribution in [3.63, 3.8) is 0 Å². The fourth-order valence-corrected chi connectivity index (χ4v) is 1.89. The first-order chi connectivity index (χ1) is 7.70. The summed E-state index contributed by atoms with van der Waals surface area (Å²) in [6, 6.07) is 5.80. The molecule has 0 aliphatic heterocycles. The number of hydrogen-bond acceptors (Lipinski definition) is 2. The molecule has 1 heterocycles. The van der Waals surface area contributed by atoms with Crippen LogP contribution in [0.1, 0.15) is 11.1 Å². The maximum atomic E-state index is 5.92. The Hall–Kier alpha value is -1.32. The van der Waals surface area contributed by atoms with Gasteiger partial charge in [-0.05, 0) is 37.7 Å². The van der Waals surface area contributed by atoms with Crippen molar-refractivity contribution < 1.29 is 0 Å². The van der Waals surface area contributed by atoms with Crippen molar-refractivity contribution in [2.24, 2.45) is 0 Å². The van der Waals surface area contributed by atoms with E-state index >= 15 is 0 Å². The van der Waals surface area contributed by atoms with Gasteiger partial charge in [0.2, 0.25) is 0 Å². The quantitative estimate of drug-likeness (QED) is 0.886. The lowest BCUT2D eigenvalue weighted by Crippen LogP contribution is -2.03. The molecule has 2 aromatic rings. The number of benzene rings is 1. The average Bonchev–Trinajstić information content (AvgIpc) is 2.67. The largest absolute Gasteiger partial charge is 0.316 e. The van der Waals surface area contributed by atoms with Crippen LogP contribution in [0.2, 0.25) is 5.02 Å². The van der Waals surface area contributed by atoms with Crippen molar-refractivity contribution in [2.45, 2.75) is 13.5 Å². The van der Waals surface area contributed by atoms with Gasteiger partial charge in [0.25, 0.3) is 0 Å². The van der Waals surface area contributed by atoms with Gasteiger partial charge in [-0.2, -0.15) is 5.10 Å². The van der Waals surface area contributed by atoms with Gasteiger partial charge in [-0.1, -0.05) is 11.6 Å². The summed E-state index contributed by atoms with van der Waals surface area (Å²) in [5.41, 5.74) is 3.34. The number of hydrogen-bond donors (Lipinski definition) is 1. The van der Waals surface area contributed by atoms with Gasteiger partial charge in [0, 0.05) is 23.3 Å². The lowest BCUT2D eigenvalue weighted by atomic mass is 10.2. The Bertz CT molecular complexity index is 491. The molecule has 3 nitrogen and oxygen atoms in total. The molecule has 0 unspecified atom stereocenters. The highest BCUT2D eigenvalue weighted by Gasteiger charge is 2.03. The van der Waals surface area contributed by atoms with E-state index in [-0.39, 0.29) is 0 Å². The molecule has 1 aromatic heterocycles. The molecule has 1 N–H and O–H groups in total. The van der Waals surface area contributed by atoms with E-state index in [2.05, 4.69) is 10.4 Å². The average molecular weight is 236 g/mol. The van der Waals surface area contributed by atoms with Crippen molar-refractivity contribution in [3.8, 4) is 5.69 Å². The first kappa shape index (κ1) is 11.2. The third kappa shape index (κ3) is 2.26. The highest BCUT2D eigenvalue weighted by Crippen LogP contribution is 2.18. The molecule has 0 saturated heterocycles. The SMILES string of the molecule is CNCc1cnn(-c2ccc(Cl)cc2C)c1. The minimum atomic E-state index is 0.754. The molecule has 0 aliphatic rings. The molecular weight excluding hydrogens is 222 g/mol. The summed E-state index contributed by atoms with van der Waals surface area (Å²) in [4.78, 5) is 0. The second kappa shape index (κ2) is 4.68. The Labute approximate surface area is 100 Å². The molecule has 0 fully saturated rings. The monoisotopic (exact) mass is 235 g/mol. The molecule has 0 spiro atoms. The van der Waals surface area contributed by atoms with E-state index in [1.807, 2.05) is 49.2 Å². The summed E-state index contributed by atoms with van der Waals surface area (Å²) in [6.45, 7) is 2.85. The number of aryl methyl sites for hydroxylation is 1. The Kier molecular flexibility index (Phi) is 3.27. The molecule has 0 saturated carbocycles. The molecule has 16 heavy (non-hydrogen) atoms. The molecule has 84 valence electrons. The lowest BCUT2D eigenvalue weighted by Gasteiger charge is -2.05. The van der Waals surface area contributed by atoms with Gasteiger partial charge in [0.05, 0.1) is 11.9 Å². The van der Waals surface area contributed by atoms with Gasteiger partial charge in [-0.15, -0.1) is 0 Å². The molecule has 0 radical (unpaired) electrons. The summed E-state index contributed by atoms with van der Waals surface area (Å²) in [5, 5.41) is 8.18. The molecule has 1 aromatic carbocycles. The molecular formula is C12H14ClN3. The summed E-state index contributed by atoms with van der Waals surface area (Å²) in [7, 11) is 1.92. The number of nitrogens with one attached hydrogen (secondary N) is 1. The highest BCUT2D eigenvalue weighted by molar-refractivity contribution is 6.30. The zero-order valence-electron chi connectivity index (χ0n) is 9.37. The molecule has 0 bridgehead atoms. The summed E-state index contributed by atoms with van der Waals surface area (Å²) in [6.07, 6.45) is 3.89. The van der Waals surface area contributed by atoms with Gasteiger partial charge in [-0.3, -0.25) is 0 Å². The van der Waals surface area contributed by atoms with E-state index in [1.165, 1.54) is 0 Å². The fraction of sp³-hybridized carbons (Fsp3) is 0.250. The summed E-state index contributed by atoms with van der Waals surface area (Å²) >= 11 is 5.92. The van der Waals surface area contributed by atoms with Crippen LogP contribution in [0.15, 0.2) is 30.6 Å². The second-order valence-electron chi connectivity index (χ2n) is 3.75. The summed E-state index contributed by atoms with van der Waals surface area (Å²) in [5.74, 6) is 0. The van der Waals surface area contributed by atoms with Crippen LogP contribution in [0.3, 0.4) is 0 Å². The van der Waals surface area contributed by atoms with Crippen LogP contribution in [0, 0.1) is 6.92 Å². The van der Waals surface area contributed by atoms with Crippen LogP contribution in [0.5, 0.6) is 0 Å². The topological polar surface area (TPSA) is 29.9 Å². The van der Waals surface area contributed by atoms with Crippen molar-refractivity contribution >= 4 is 11.6 Å². The Morgan fingerprint density at radius 1 is 1.44 bits per heavy atom. The summed E-state index contributed by atoms with van der Waals surface area (Å²) < 4.78 is 1.87. The standard InChI is InChI=1S/C12H14ClN3/c1-9-5-11(13)3-4-12(9)16-8-10(6-14-2)7-15-16/h3-5,7-8,14H,6H2,1-2H3. The normalized spacial score (nSPS) is 10.7. The number of aromatic nitrogens is 2. The van der Waals surface area contributed by atoms with Crippen molar-refractivity contribution in [1.82, 2.24) is 15.1 Å². The van der Waals surface area contributed by atoms with E-state index in [4.69, 9.17) is 11.6 Å². The highest BCUT2D eigenvalue weighted by atomic mass is 35.5. The Balaban J connectivity index is 2.35. The van der Waals surface area contributed by atoms with Gasteiger partial charge < -0.3 is 5.32 Å². The van der Waals surface area contributed by atoms with Gasteiger partial charge >= 0.3 is 0 Å². The Morgan fingerprint density at radius 3 is 2.94 bits per heavy atom. The lowest BCUT2D eigenvalue weighted by molar-refractivity contribution is 0.816. The number of nitrogens with zero attached hydrogens (tertiary/aromatic N) is 2. The molecule has 2 rings (SSSR count). The smallest absolute Gasteiger partial charge is 0.0675 e. The van der Waals surface area contributed by atoms with Crippen LogP contribution in [0.25, 0.3) is 5.69 Å². The molecule has 0 amide bonds. The third-order valence-corrected chi connectivity index (χ3v) is 2.66. The van der Waals surface area contributed by atoms with Crippen molar-refractivity contribution in [3.05, 3.63) is 46.7 Å². The zero-order chi connectivity index (χ0) is 11.5. The van der Waals surface area contributed by atoms with Crippen LogP contribution in [-0.4, -0.2) is 16.8 Å². The van der Waals surface area contributed by atoms with Gasteiger partial charge in [0.1, 0.15) is 0 Å². The number of rotatable bonds is 3. The fourth-order valence-electron chi connectivity index (χ4n) is 1.66. The van der Waals surface area contributed by atoms with Gasteiger partial charge in [-0.25, -0.2) is 4.68 Å². The van der Waals surface area contributed by atoms with E-state index in [0.717, 1.165) is 28.4 Å². The Morgan fingerprint density at radius 2 is 2.25 bits per heavy atom. The maximum Gasteiger partial charge on any atom is 0.0675 e. The van der Waals surface area contributed by atoms with Crippen molar-refractivity contribution in [2.75, 3.05) is 7.05 Å². The predicted molar refractivity (Wildman–Crippen MR) is 66.1 cm³/mol. The van der Waals surface area contributed by atoms with E-state index < -0.39 is 0 Å². The minimum Gasteiger partial charge on any atom is -0.316 e. The molecule has 0 atom stereocenters. The van der Waals surface area contributed by atoms with E-state index in [1.54, 1.807) is 0 Å². The van der Waals surface area contributed by atoms with E-state index in [0.29, 0.717) is 0 Å². The van der Waals surface area contributed by atoms with Crippen LogP contribution >= 0.6 is 11.6 Å². The zero-order valence-corrected chi connectivity index (χ0v) is 10.1. The second-order valence-corrected chi connectivity index (χ2v) is 4.19. The van der Waals surface area contributed by atoms with Crippen LogP contribution in [0.4, 0.5) is 0 Å². The van der Waals surface area contributed by atoms with Crippen molar-refractivity contribution in [1.29, 1.82) is 0 Å². The molecule has 0 aliphatic carbocycles. The first-order valence-corrected chi connectivity index (χ1v) is 5.53. The van der Waals surface area contributed by atoms with Crippen LogP contribution < -0.4 is 5.32 Å². The van der Waals surface area contributed by atoms with Crippen LogP contribution in [-0.2, 0) is 6.54 Å². The minimum absolute atomic E-state index is 0.754. The number of halogens is 1. The predicted octanol–water partition coefficient (Wildman–Crippen LogP) is 2.55. The third-order valence-electron chi connectivity index (χ3n) is 2.42. The van der Waals surface area contributed by atoms with E-state index in [9.17, 15) is 0 Å².